The summed E-state index contributed by atoms with van der Waals surface area (Å²) in [4.78, 5) is 8.34. The summed E-state index contributed by atoms with van der Waals surface area (Å²) < 4.78 is 11.2. The molecule has 0 radical (unpaired) electrons. The Kier molecular flexibility index (Phi) is 4.34. The molecule has 1 aromatic heterocycles. The van der Waals surface area contributed by atoms with Crippen molar-refractivity contribution < 1.29 is 9.47 Å². The Morgan fingerprint density at radius 2 is 1.89 bits per heavy atom. The molecule has 0 aliphatic carbocycles. The van der Waals surface area contributed by atoms with E-state index >= 15 is 0 Å². The number of aromatic nitrogens is 2. The zero-order chi connectivity index (χ0) is 13.8. The monoisotopic (exact) mass is 323 g/mol. The van der Waals surface area contributed by atoms with Gasteiger partial charge >= 0.3 is 0 Å². The third kappa shape index (κ3) is 2.85. The van der Waals surface area contributed by atoms with Crippen LogP contribution in [-0.2, 0) is 0 Å². The van der Waals surface area contributed by atoms with Crippen LogP contribution in [0.15, 0.2) is 35.1 Å². The molecule has 2 rings (SSSR count). The smallest absolute Gasteiger partial charge is 0.237 e. The molecule has 0 spiro atoms. The SMILES string of the molecule is COc1ccc(C(N)c2nccnc2OC)cc1Br. The molecule has 5 nitrogen and oxygen atoms in total. The van der Waals surface area contributed by atoms with Crippen molar-refractivity contribution in [3.63, 3.8) is 0 Å². The number of hydrogen-bond donors (Lipinski definition) is 1. The molecule has 1 atom stereocenters. The first-order chi connectivity index (χ1) is 9.17. The van der Waals surface area contributed by atoms with Gasteiger partial charge in [-0.1, -0.05) is 6.07 Å². The zero-order valence-electron chi connectivity index (χ0n) is 10.6. The Hall–Kier alpha value is -1.66. The molecule has 0 aliphatic heterocycles. The third-order valence-corrected chi connectivity index (χ3v) is 3.33. The number of nitrogens with two attached hydrogens (primary N) is 1. The van der Waals surface area contributed by atoms with Gasteiger partial charge in [-0.15, -0.1) is 0 Å². The maximum absolute atomic E-state index is 6.21. The predicted octanol–water partition coefficient (Wildman–Crippen LogP) is 2.30. The van der Waals surface area contributed by atoms with Crippen LogP contribution in [0.4, 0.5) is 0 Å². The van der Waals surface area contributed by atoms with Gasteiger partial charge in [-0.05, 0) is 33.6 Å². The minimum Gasteiger partial charge on any atom is -0.496 e. The van der Waals surface area contributed by atoms with Crippen LogP contribution in [-0.4, -0.2) is 24.2 Å². The van der Waals surface area contributed by atoms with Crippen LogP contribution in [0.25, 0.3) is 0 Å². The minimum absolute atomic E-state index is 0.411. The van der Waals surface area contributed by atoms with Gasteiger partial charge in [0.15, 0.2) is 0 Å². The molecule has 100 valence electrons. The van der Waals surface area contributed by atoms with Crippen LogP contribution < -0.4 is 15.2 Å². The molecule has 6 heteroatoms. The first kappa shape index (κ1) is 13.8. The van der Waals surface area contributed by atoms with Crippen molar-refractivity contribution in [2.24, 2.45) is 5.73 Å². The van der Waals surface area contributed by atoms with Gasteiger partial charge in [-0.25, -0.2) is 4.98 Å². The van der Waals surface area contributed by atoms with E-state index in [1.165, 1.54) is 0 Å². The Labute approximate surface area is 119 Å². The second-order valence-electron chi connectivity index (χ2n) is 3.82. The molecule has 19 heavy (non-hydrogen) atoms. The van der Waals surface area contributed by atoms with Crippen molar-refractivity contribution in [1.82, 2.24) is 9.97 Å². The minimum atomic E-state index is -0.411. The first-order valence-electron chi connectivity index (χ1n) is 5.61. The topological polar surface area (TPSA) is 70.3 Å². The van der Waals surface area contributed by atoms with Gasteiger partial charge in [0.1, 0.15) is 11.4 Å². The summed E-state index contributed by atoms with van der Waals surface area (Å²) in [6, 6.07) is 5.23. The van der Waals surface area contributed by atoms with Crippen molar-refractivity contribution in [1.29, 1.82) is 0 Å². The second kappa shape index (κ2) is 5.99. The number of nitrogens with zero attached hydrogens (tertiary/aromatic N) is 2. The van der Waals surface area contributed by atoms with Crippen LogP contribution in [0.2, 0.25) is 0 Å². The molecule has 0 amide bonds. The van der Waals surface area contributed by atoms with Crippen LogP contribution in [0.1, 0.15) is 17.3 Å². The molecule has 1 aromatic carbocycles. The van der Waals surface area contributed by atoms with Crippen LogP contribution >= 0.6 is 15.9 Å². The summed E-state index contributed by atoms with van der Waals surface area (Å²) in [5.74, 6) is 1.18. The first-order valence-corrected chi connectivity index (χ1v) is 6.40. The predicted molar refractivity (Wildman–Crippen MR) is 75.3 cm³/mol. The van der Waals surface area contributed by atoms with E-state index in [-0.39, 0.29) is 0 Å². The fourth-order valence-electron chi connectivity index (χ4n) is 1.74. The highest BCUT2D eigenvalue weighted by atomic mass is 79.9. The Morgan fingerprint density at radius 3 is 2.53 bits per heavy atom. The molecule has 0 saturated carbocycles. The Morgan fingerprint density at radius 1 is 1.16 bits per heavy atom. The molecule has 1 unspecified atom stereocenters. The molecule has 2 N–H and O–H groups in total. The fraction of sp³-hybridized carbons (Fsp3) is 0.231. The molecule has 1 heterocycles. The highest BCUT2D eigenvalue weighted by molar-refractivity contribution is 9.10. The quantitative estimate of drug-likeness (QED) is 0.934. The van der Waals surface area contributed by atoms with Gasteiger partial charge in [-0.3, -0.25) is 4.98 Å². The van der Waals surface area contributed by atoms with E-state index in [0.717, 1.165) is 15.8 Å². The maximum atomic E-state index is 6.21. The van der Waals surface area contributed by atoms with E-state index in [1.807, 2.05) is 18.2 Å². The summed E-state index contributed by atoms with van der Waals surface area (Å²) in [7, 11) is 3.16. The summed E-state index contributed by atoms with van der Waals surface area (Å²) in [5, 5.41) is 0. The van der Waals surface area contributed by atoms with Crippen molar-refractivity contribution in [3.8, 4) is 11.6 Å². The molecule has 0 aliphatic rings. The summed E-state index contributed by atoms with van der Waals surface area (Å²) in [6.07, 6.45) is 3.16. The fourth-order valence-corrected chi connectivity index (χ4v) is 2.30. The molecular formula is C13H14BrN3O2. The van der Waals surface area contributed by atoms with Gasteiger partial charge in [0, 0.05) is 12.4 Å². The molecular weight excluding hydrogens is 310 g/mol. The summed E-state index contributed by atoms with van der Waals surface area (Å²) in [5.41, 5.74) is 7.70. The largest absolute Gasteiger partial charge is 0.496 e. The highest BCUT2D eigenvalue weighted by Crippen LogP contribution is 2.30. The lowest BCUT2D eigenvalue weighted by molar-refractivity contribution is 0.387. The lowest BCUT2D eigenvalue weighted by atomic mass is 10.0. The van der Waals surface area contributed by atoms with Crippen molar-refractivity contribution >= 4 is 15.9 Å². The average Bonchev–Trinajstić information content (AvgIpc) is 2.46. The van der Waals surface area contributed by atoms with Gasteiger partial charge in [0.2, 0.25) is 5.88 Å². The van der Waals surface area contributed by atoms with Crippen molar-refractivity contribution in [3.05, 3.63) is 46.3 Å². The maximum Gasteiger partial charge on any atom is 0.237 e. The van der Waals surface area contributed by atoms with E-state index in [9.17, 15) is 0 Å². The van der Waals surface area contributed by atoms with Crippen molar-refractivity contribution in [2.75, 3.05) is 14.2 Å². The normalized spacial score (nSPS) is 12.0. The summed E-state index contributed by atoms with van der Waals surface area (Å²) >= 11 is 3.44. The van der Waals surface area contributed by atoms with E-state index in [0.29, 0.717) is 11.6 Å². The number of ether oxygens (including phenoxy) is 2. The number of rotatable bonds is 4. The summed E-state index contributed by atoms with van der Waals surface area (Å²) in [6.45, 7) is 0. The Bertz CT molecular complexity index is 578. The molecule has 0 fully saturated rings. The zero-order valence-corrected chi connectivity index (χ0v) is 12.2. The van der Waals surface area contributed by atoms with Gasteiger partial charge in [0.25, 0.3) is 0 Å². The lowest BCUT2D eigenvalue weighted by Crippen LogP contribution is -2.15. The van der Waals surface area contributed by atoms with Gasteiger partial charge < -0.3 is 15.2 Å². The lowest BCUT2D eigenvalue weighted by Gasteiger charge is -2.15. The van der Waals surface area contributed by atoms with Gasteiger partial charge in [-0.2, -0.15) is 0 Å². The van der Waals surface area contributed by atoms with E-state index < -0.39 is 6.04 Å². The second-order valence-corrected chi connectivity index (χ2v) is 4.68. The van der Waals surface area contributed by atoms with Gasteiger partial charge in [0.05, 0.1) is 24.7 Å². The van der Waals surface area contributed by atoms with E-state index in [2.05, 4.69) is 25.9 Å². The van der Waals surface area contributed by atoms with Crippen LogP contribution in [0.5, 0.6) is 11.6 Å². The standard InChI is InChI=1S/C13H14BrN3O2/c1-18-10-4-3-8(7-9(10)14)11(15)12-13(19-2)17-6-5-16-12/h3-7,11H,15H2,1-2H3. The molecule has 2 aromatic rings. The third-order valence-electron chi connectivity index (χ3n) is 2.71. The molecule has 0 bridgehead atoms. The average molecular weight is 324 g/mol. The van der Waals surface area contributed by atoms with E-state index in [4.69, 9.17) is 15.2 Å². The van der Waals surface area contributed by atoms with E-state index in [1.54, 1.807) is 26.6 Å². The van der Waals surface area contributed by atoms with Crippen molar-refractivity contribution in [2.45, 2.75) is 6.04 Å². The number of hydrogen-bond acceptors (Lipinski definition) is 5. The number of halogens is 1. The number of benzene rings is 1. The van der Waals surface area contributed by atoms with Crippen LogP contribution in [0.3, 0.4) is 0 Å². The molecule has 0 saturated heterocycles. The highest BCUT2D eigenvalue weighted by Gasteiger charge is 2.17. The number of methoxy groups -OCH3 is 2. The van der Waals surface area contributed by atoms with Crippen LogP contribution in [0, 0.1) is 0 Å². The Balaban J connectivity index is 2.38.